The molecule has 0 bridgehead atoms. The van der Waals surface area contributed by atoms with Crippen molar-refractivity contribution in [3.63, 3.8) is 0 Å². The maximum atomic E-state index is 10.6. The topological polar surface area (TPSA) is 62.4 Å². The Balaban J connectivity index is 3.21. The van der Waals surface area contributed by atoms with Crippen LogP contribution < -0.4 is 16.0 Å². The van der Waals surface area contributed by atoms with Gasteiger partial charge >= 0.3 is 0 Å². The number of carbonyl (C=O) groups is 1. The Morgan fingerprint density at radius 3 is 2.44 bits per heavy atom. The Kier molecular flexibility index (Phi) is 10.0. The van der Waals surface area contributed by atoms with E-state index in [1.165, 1.54) is 6.92 Å². The zero-order valence-electron chi connectivity index (χ0n) is 9.97. The van der Waals surface area contributed by atoms with Gasteiger partial charge in [0.1, 0.15) is 0 Å². The molecule has 0 rings (SSSR count). The maximum absolute atomic E-state index is 10.6. The first-order chi connectivity index (χ1) is 7.66. The molecule has 6 heteroatoms. The van der Waals surface area contributed by atoms with Crippen LogP contribution in [0.5, 0.6) is 0 Å². The predicted molar refractivity (Wildman–Crippen MR) is 68.4 cm³/mol. The molecule has 16 heavy (non-hydrogen) atoms. The monoisotopic (exact) mass is 247 g/mol. The van der Waals surface area contributed by atoms with E-state index in [1.807, 2.05) is 6.92 Å². The Morgan fingerprint density at radius 1 is 1.19 bits per heavy atom. The van der Waals surface area contributed by atoms with E-state index in [-0.39, 0.29) is 5.91 Å². The van der Waals surface area contributed by atoms with Crippen molar-refractivity contribution < 1.29 is 9.53 Å². The number of nitrogens with one attached hydrogen (secondary N) is 3. The summed E-state index contributed by atoms with van der Waals surface area (Å²) in [6, 6.07) is 0. The second-order valence-electron chi connectivity index (χ2n) is 3.22. The molecule has 94 valence electrons. The SMILES string of the molecule is CCOCCCNC(=S)NCCNC(C)=O. The number of rotatable bonds is 8. The minimum atomic E-state index is -0.0302. The molecule has 0 aromatic heterocycles. The first-order valence-corrected chi connectivity index (χ1v) is 5.91. The van der Waals surface area contributed by atoms with Gasteiger partial charge in [-0.05, 0) is 25.6 Å². The first kappa shape index (κ1) is 15.1. The van der Waals surface area contributed by atoms with Gasteiger partial charge in [-0.3, -0.25) is 4.79 Å². The Hall–Kier alpha value is -0.880. The average Bonchev–Trinajstić information content (AvgIpc) is 2.24. The third-order valence-corrected chi connectivity index (χ3v) is 2.03. The van der Waals surface area contributed by atoms with Gasteiger partial charge in [0, 0.05) is 39.8 Å². The number of thiocarbonyl (C=S) groups is 1. The fourth-order valence-corrected chi connectivity index (χ4v) is 1.20. The summed E-state index contributed by atoms with van der Waals surface area (Å²) in [5.41, 5.74) is 0. The van der Waals surface area contributed by atoms with E-state index in [2.05, 4.69) is 16.0 Å². The van der Waals surface area contributed by atoms with E-state index in [1.54, 1.807) is 0 Å². The summed E-state index contributed by atoms with van der Waals surface area (Å²) in [4.78, 5) is 10.6. The van der Waals surface area contributed by atoms with Crippen molar-refractivity contribution in [3.8, 4) is 0 Å². The van der Waals surface area contributed by atoms with Gasteiger partial charge in [0.2, 0.25) is 5.91 Å². The molecule has 1 amide bonds. The fourth-order valence-electron chi connectivity index (χ4n) is 0.998. The van der Waals surface area contributed by atoms with Crippen LogP contribution in [0.1, 0.15) is 20.3 Å². The van der Waals surface area contributed by atoms with E-state index in [0.29, 0.717) is 18.2 Å². The third kappa shape index (κ3) is 11.2. The average molecular weight is 247 g/mol. The second kappa shape index (κ2) is 10.6. The highest BCUT2D eigenvalue weighted by molar-refractivity contribution is 7.80. The van der Waals surface area contributed by atoms with Crippen molar-refractivity contribution in [3.05, 3.63) is 0 Å². The van der Waals surface area contributed by atoms with E-state index >= 15 is 0 Å². The van der Waals surface area contributed by atoms with Gasteiger partial charge in [0.15, 0.2) is 5.11 Å². The summed E-state index contributed by atoms with van der Waals surface area (Å²) < 4.78 is 5.19. The highest BCUT2D eigenvalue weighted by atomic mass is 32.1. The second-order valence-corrected chi connectivity index (χ2v) is 3.62. The van der Waals surface area contributed by atoms with Crippen LogP contribution in [0.2, 0.25) is 0 Å². The maximum Gasteiger partial charge on any atom is 0.216 e. The van der Waals surface area contributed by atoms with Crippen LogP contribution in [0.25, 0.3) is 0 Å². The van der Waals surface area contributed by atoms with Gasteiger partial charge in [-0.1, -0.05) is 0 Å². The van der Waals surface area contributed by atoms with Crippen molar-refractivity contribution in [2.75, 3.05) is 32.8 Å². The third-order valence-electron chi connectivity index (χ3n) is 1.74. The molecule has 0 fully saturated rings. The molecule has 0 atom stereocenters. The number of amides is 1. The van der Waals surface area contributed by atoms with E-state index in [9.17, 15) is 4.79 Å². The van der Waals surface area contributed by atoms with Gasteiger partial charge in [0.05, 0.1) is 0 Å². The first-order valence-electron chi connectivity index (χ1n) is 5.50. The normalized spacial score (nSPS) is 9.62. The quantitative estimate of drug-likeness (QED) is 0.417. The zero-order valence-corrected chi connectivity index (χ0v) is 10.8. The van der Waals surface area contributed by atoms with Crippen molar-refractivity contribution in [2.45, 2.75) is 20.3 Å². The highest BCUT2D eigenvalue weighted by Gasteiger charge is 1.95. The molecule has 0 saturated carbocycles. The molecule has 5 nitrogen and oxygen atoms in total. The molecule has 3 N–H and O–H groups in total. The fraction of sp³-hybridized carbons (Fsp3) is 0.800. The molecule has 0 radical (unpaired) electrons. The summed E-state index contributed by atoms with van der Waals surface area (Å²) in [7, 11) is 0. The van der Waals surface area contributed by atoms with Crippen LogP contribution in [0.15, 0.2) is 0 Å². The summed E-state index contributed by atoms with van der Waals surface area (Å²) in [6.45, 7) is 6.97. The lowest BCUT2D eigenvalue weighted by Crippen LogP contribution is -2.40. The number of ether oxygens (including phenoxy) is 1. The van der Waals surface area contributed by atoms with Crippen molar-refractivity contribution in [1.29, 1.82) is 0 Å². The van der Waals surface area contributed by atoms with Gasteiger partial charge in [-0.2, -0.15) is 0 Å². The molecule has 0 saturated heterocycles. The van der Waals surface area contributed by atoms with Crippen LogP contribution in [0, 0.1) is 0 Å². The molecule has 0 spiro atoms. The number of hydrogen-bond donors (Lipinski definition) is 3. The van der Waals surface area contributed by atoms with E-state index in [4.69, 9.17) is 17.0 Å². The minimum Gasteiger partial charge on any atom is -0.382 e. The Morgan fingerprint density at radius 2 is 1.81 bits per heavy atom. The lowest BCUT2D eigenvalue weighted by Gasteiger charge is -2.10. The lowest BCUT2D eigenvalue weighted by atomic mass is 10.4. The van der Waals surface area contributed by atoms with Crippen LogP contribution in [-0.4, -0.2) is 43.9 Å². The molecule has 0 heterocycles. The van der Waals surface area contributed by atoms with Crippen LogP contribution in [0.3, 0.4) is 0 Å². The summed E-state index contributed by atoms with van der Waals surface area (Å²) in [6.07, 6.45) is 0.932. The molecular formula is C10H21N3O2S. The van der Waals surface area contributed by atoms with Crippen molar-refractivity contribution >= 4 is 23.2 Å². The molecule has 0 aliphatic rings. The summed E-state index contributed by atoms with van der Waals surface area (Å²) in [5.74, 6) is -0.0302. The molecule has 0 aromatic rings. The van der Waals surface area contributed by atoms with E-state index in [0.717, 1.165) is 26.2 Å². The van der Waals surface area contributed by atoms with Crippen molar-refractivity contribution in [2.24, 2.45) is 0 Å². The Bertz CT molecular complexity index is 212. The van der Waals surface area contributed by atoms with Crippen LogP contribution in [-0.2, 0) is 9.53 Å². The van der Waals surface area contributed by atoms with Crippen LogP contribution in [0.4, 0.5) is 0 Å². The smallest absolute Gasteiger partial charge is 0.216 e. The summed E-state index contributed by atoms with van der Waals surface area (Å²) in [5, 5.41) is 9.34. The Labute approximate surface area is 102 Å². The zero-order chi connectivity index (χ0) is 12.2. The van der Waals surface area contributed by atoms with Gasteiger partial charge in [-0.15, -0.1) is 0 Å². The number of carbonyl (C=O) groups excluding carboxylic acids is 1. The molecule has 0 aromatic carbocycles. The molecule has 0 unspecified atom stereocenters. The van der Waals surface area contributed by atoms with Crippen LogP contribution >= 0.6 is 12.2 Å². The molecule has 0 aliphatic carbocycles. The van der Waals surface area contributed by atoms with Gasteiger partial charge < -0.3 is 20.7 Å². The number of hydrogen-bond acceptors (Lipinski definition) is 3. The predicted octanol–water partition coefficient (Wildman–Crippen LogP) is 0.0132. The molecular weight excluding hydrogens is 226 g/mol. The van der Waals surface area contributed by atoms with E-state index < -0.39 is 0 Å². The molecule has 0 aliphatic heterocycles. The van der Waals surface area contributed by atoms with Gasteiger partial charge in [-0.25, -0.2) is 0 Å². The lowest BCUT2D eigenvalue weighted by molar-refractivity contribution is -0.118. The minimum absolute atomic E-state index is 0.0302. The largest absolute Gasteiger partial charge is 0.382 e. The van der Waals surface area contributed by atoms with Gasteiger partial charge in [0.25, 0.3) is 0 Å². The standard InChI is InChI=1S/C10H21N3O2S/c1-3-15-8-4-5-12-10(16)13-7-6-11-9(2)14/h3-8H2,1-2H3,(H,11,14)(H2,12,13,16). The van der Waals surface area contributed by atoms with Crippen molar-refractivity contribution in [1.82, 2.24) is 16.0 Å². The summed E-state index contributed by atoms with van der Waals surface area (Å²) >= 11 is 5.04. The highest BCUT2D eigenvalue weighted by Crippen LogP contribution is 1.80.